The minimum atomic E-state index is -4.91. The van der Waals surface area contributed by atoms with Gasteiger partial charge in [-0.05, 0) is 25.1 Å². The van der Waals surface area contributed by atoms with Gasteiger partial charge in [0.25, 0.3) is 5.91 Å². The molecule has 0 aliphatic carbocycles. The molecule has 0 radical (unpaired) electrons. The first-order chi connectivity index (χ1) is 16.5. The zero-order valence-corrected chi connectivity index (χ0v) is 18.3. The van der Waals surface area contributed by atoms with E-state index in [-0.39, 0.29) is 34.5 Å². The highest BCUT2D eigenvalue weighted by atomic mass is 19.4. The molecule has 3 N–H and O–H groups in total. The van der Waals surface area contributed by atoms with Crippen molar-refractivity contribution in [3.8, 4) is 0 Å². The molecule has 10 nitrogen and oxygen atoms in total. The largest absolute Gasteiger partial charge is 0.437 e. The van der Waals surface area contributed by atoms with Crippen LogP contribution < -0.4 is 11.1 Å². The molecule has 3 heterocycles. The van der Waals surface area contributed by atoms with Crippen LogP contribution in [0, 0.1) is 12.7 Å². The van der Waals surface area contributed by atoms with Gasteiger partial charge in [-0.15, -0.1) is 0 Å². The number of hydrogen-bond acceptors (Lipinski definition) is 7. The maximum Gasteiger partial charge on any atom is 0.437 e. The van der Waals surface area contributed by atoms with Crippen molar-refractivity contribution in [3.05, 3.63) is 64.4 Å². The SMILES string of the molecule is CCc1nc(Cn2nc(C(F)(F)F)c(NC(=O)c3cc(C(N)=O)c4ccc(F)cc4n3)c2C)no1. The molecule has 182 valence electrons. The summed E-state index contributed by atoms with van der Waals surface area (Å²) < 4.78 is 60.8. The van der Waals surface area contributed by atoms with Crippen LogP contribution in [0.5, 0.6) is 0 Å². The minimum absolute atomic E-state index is 0.0459. The van der Waals surface area contributed by atoms with Crippen molar-refractivity contribution in [1.82, 2.24) is 24.9 Å². The minimum Gasteiger partial charge on any atom is -0.366 e. The predicted octanol–water partition coefficient (Wildman–Crippen LogP) is 3.24. The molecule has 35 heavy (non-hydrogen) atoms. The van der Waals surface area contributed by atoms with E-state index >= 15 is 0 Å². The number of hydrogen-bond donors (Lipinski definition) is 2. The van der Waals surface area contributed by atoms with Gasteiger partial charge < -0.3 is 15.6 Å². The Morgan fingerprint density at radius 1 is 1.20 bits per heavy atom. The van der Waals surface area contributed by atoms with E-state index in [1.165, 1.54) is 13.0 Å². The number of aromatic nitrogens is 5. The smallest absolute Gasteiger partial charge is 0.366 e. The molecular weight excluding hydrogens is 474 g/mol. The van der Waals surface area contributed by atoms with Gasteiger partial charge in [-0.3, -0.25) is 14.3 Å². The molecule has 0 atom stereocenters. The third-order valence-electron chi connectivity index (χ3n) is 5.09. The summed E-state index contributed by atoms with van der Waals surface area (Å²) in [5.41, 5.74) is 2.68. The van der Waals surface area contributed by atoms with E-state index < -0.39 is 40.9 Å². The molecule has 0 saturated carbocycles. The van der Waals surface area contributed by atoms with Gasteiger partial charge in [-0.2, -0.15) is 23.3 Å². The second-order valence-corrected chi connectivity index (χ2v) is 7.46. The highest BCUT2D eigenvalue weighted by Gasteiger charge is 2.39. The van der Waals surface area contributed by atoms with E-state index in [2.05, 4.69) is 25.5 Å². The molecule has 4 aromatic rings. The maximum absolute atomic E-state index is 13.7. The number of amides is 2. The Morgan fingerprint density at radius 3 is 2.57 bits per heavy atom. The number of primary amides is 1. The number of aryl methyl sites for hydroxylation is 1. The van der Waals surface area contributed by atoms with Crippen molar-refractivity contribution in [3.63, 3.8) is 0 Å². The Balaban J connectivity index is 1.74. The Kier molecular flexibility index (Phi) is 5.96. The summed E-state index contributed by atoms with van der Waals surface area (Å²) in [6, 6.07) is 4.34. The van der Waals surface area contributed by atoms with E-state index in [4.69, 9.17) is 10.3 Å². The normalized spacial score (nSPS) is 11.7. The van der Waals surface area contributed by atoms with Gasteiger partial charge in [-0.1, -0.05) is 12.1 Å². The summed E-state index contributed by atoms with van der Waals surface area (Å²) in [6.45, 7) is 2.84. The number of fused-ring (bicyclic) bond motifs is 1. The van der Waals surface area contributed by atoms with Crippen LogP contribution in [0.2, 0.25) is 0 Å². The second kappa shape index (κ2) is 8.77. The molecule has 0 unspecified atom stereocenters. The molecule has 2 amide bonds. The number of anilines is 1. The number of nitrogens with one attached hydrogen (secondary N) is 1. The van der Waals surface area contributed by atoms with Crippen LogP contribution in [0.1, 0.15) is 50.9 Å². The molecule has 14 heteroatoms. The third kappa shape index (κ3) is 4.67. The van der Waals surface area contributed by atoms with Crippen molar-refractivity contribution in [1.29, 1.82) is 0 Å². The molecule has 0 aliphatic heterocycles. The predicted molar refractivity (Wildman–Crippen MR) is 113 cm³/mol. The van der Waals surface area contributed by atoms with Crippen molar-refractivity contribution < 1.29 is 31.7 Å². The lowest BCUT2D eigenvalue weighted by atomic mass is 10.1. The molecule has 0 fully saturated rings. The Labute approximate surface area is 194 Å². The third-order valence-corrected chi connectivity index (χ3v) is 5.09. The van der Waals surface area contributed by atoms with Crippen LogP contribution in [-0.2, 0) is 19.1 Å². The number of pyridine rings is 1. The van der Waals surface area contributed by atoms with E-state index in [0.29, 0.717) is 12.3 Å². The summed E-state index contributed by atoms with van der Waals surface area (Å²) in [5, 5.41) is 9.61. The number of carbonyl (C=O) groups excluding carboxylic acids is 2. The van der Waals surface area contributed by atoms with Crippen molar-refractivity contribution in [2.24, 2.45) is 5.73 Å². The average molecular weight is 491 g/mol. The van der Waals surface area contributed by atoms with E-state index in [0.717, 1.165) is 22.9 Å². The molecule has 0 saturated heterocycles. The monoisotopic (exact) mass is 491 g/mol. The Morgan fingerprint density at radius 2 is 1.94 bits per heavy atom. The zero-order chi connectivity index (χ0) is 25.5. The van der Waals surface area contributed by atoms with Crippen LogP contribution in [-0.4, -0.2) is 36.7 Å². The van der Waals surface area contributed by atoms with Crippen LogP contribution in [0.4, 0.5) is 23.2 Å². The fourth-order valence-corrected chi connectivity index (χ4v) is 3.38. The number of rotatable bonds is 6. The van der Waals surface area contributed by atoms with E-state index in [1.54, 1.807) is 6.92 Å². The first kappa shape index (κ1) is 23.8. The summed E-state index contributed by atoms with van der Waals surface area (Å²) >= 11 is 0. The lowest BCUT2D eigenvalue weighted by Crippen LogP contribution is -2.19. The maximum atomic E-state index is 13.7. The van der Waals surface area contributed by atoms with Gasteiger partial charge in [0, 0.05) is 17.9 Å². The topological polar surface area (TPSA) is 142 Å². The van der Waals surface area contributed by atoms with Gasteiger partial charge in [0.1, 0.15) is 18.1 Å². The zero-order valence-electron chi connectivity index (χ0n) is 18.3. The van der Waals surface area contributed by atoms with Gasteiger partial charge >= 0.3 is 6.18 Å². The summed E-state index contributed by atoms with van der Waals surface area (Å²) in [5.74, 6) is -2.30. The first-order valence-electron chi connectivity index (χ1n) is 10.2. The second-order valence-electron chi connectivity index (χ2n) is 7.46. The lowest BCUT2D eigenvalue weighted by molar-refractivity contribution is -0.140. The van der Waals surface area contributed by atoms with Crippen LogP contribution in [0.15, 0.2) is 28.8 Å². The number of halogens is 4. The molecule has 1 aromatic carbocycles. The summed E-state index contributed by atoms with van der Waals surface area (Å²) in [6.07, 6.45) is -4.47. The molecular formula is C21H17F4N7O3. The van der Waals surface area contributed by atoms with Gasteiger partial charge in [0.05, 0.1) is 22.5 Å². The van der Waals surface area contributed by atoms with Crippen molar-refractivity contribution in [2.45, 2.75) is 33.0 Å². The molecule has 4 rings (SSSR count). The summed E-state index contributed by atoms with van der Waals surface area (Å²) in [4.78, 5) is 32.8. The Hall–Kier alpha value is -4.36. The quantitative estimate of drug-likeness (QED) is 0.394. The highest BCUT2D eigenvalue weighted by Crippen LogP contribution is 2.36. The molecule has 0 spiro atoms. The molecule has 3 aromatic heterocycles. The fraction of sp³-hybridized carbons (Fsp3) is 0.238. The van der Waals surface area contributed by atoms with Crippen LogP contribution in [0.25, 0.3) is 10.9 Å². The fourth-order valence-electron chi connectivity index (χ4n) is 3.38. The van der Waals surface area contributed by atoms with Crippen LogP contribution >= 0.6 is 0 Å². The number of nitrogens with zero attached hydrogens (tertiary/aromatic N) is 5. The number of benzene rings is 1. The standard InChI is InChI=1S/C21H17F4N7O3/c1-3-16-28-15(31-35-16)8-32-9(2)17(18(30-32)21(23,24)25)29-20(34)14-7-12(19(26)33)11-5-4-10(22)6-13(11)27-14/h4-7H,3,8H2,1-2H3,(H2,26,33)(H,29,34). The highest BCUT2D eigenvalue weighted by molar-refractivity contribution is 6.10. The van der Waals surface area contributed by atoms with E-state index in [1.807, 2.05) is 0 Å². The van der Waals surface area contributed by atoms with E-state index in [9.17, 15) is 27.2 Å². The number of alkyl halides is 3. The van der Waals surface area contributed by atoms with Crippen molar-refractivity contribution in [2.75, 3.05) is 5.32 Å². The van der Waals surface area contributed by atoms with Crippen molar-refractivity contribution >= 4 is 28.4 Å². The number of nitrogens with two attached hydrogens (primary N) is 1. The molecule has 0 aliphatic rings. The van der Waals surface area contributed by atoms with Gasteiger partial charge in [-0.25, -0.2) is 9.37 Å². The lowest BCUT2D eigenvalue weighted by Gasteiger charge is -2.10. The van der Waals surface area contributed by atoms with Gasteiger partial charge in [0.2, 0.25) is 11.8 Å². The number of carbonyl (C=O) groups is 2. The van der Waals surface area contributed by atoms with Gasteiger partial charge in [0.15, 0.2) is 11.5 Å². The molecule has 0 bridgehead atoms. The first-order valence-corrected chi connectivity index (χ1v) is 10.2. The van der Waals surface area contributed by atoms with Crippen LogP contribution in [0.3, 0.4) is 0 Å². The Bertz CT molecular complexity index is 1460. The average Bonchev–Trinajstić information content (AvgIpc) is 3.37. The summed E-state index contributed by atoms with van der Waals surface area (Å²) in [7, 11) is 0.